The van der Waals surface area contributed by atoms with Crippen LogP contribution < -0.4 is 10.6 Å². The summed E-state index contributed by atoms with van der Waals surface area (Å²) in [5, 5.41) is 24.2. The molecule has 0 aliphatic carbocycles. The Morgan fingerprint density at radius 3 is 1.48 bits per heavy atom. The maximum Gasteiger partial charge on any atom is 0.303 e. The number of imidazole rings is 2. The van der Waals surface area contributed by atoms with Gasteiger partial charge in [-0.1, -0.05) is 47.5 Å². The highest BCUT2D eigenvalue weighted by Crippen LogP contribution is 2.40. The van der Waals surface area contributed by atoms with Crippen molar-refractivity contribution in [1.82, 2.24) is 28.9 Å². The first-order valence-corrected chi connectivity index (χ1v) is 17.8. The van der Waals surface area contributed by atoms with Crippen LogP contribution in [0.3, 0.4) is 0 Å². The first-order chi connectivity index (χ1) is 24.9. The number of carboxylic acids is 2. The Kier molecular flexibility index (Phi) is 11.3. The molecule has 2 aliphatic heterocycles. The van der Waals surface area contributed by atoms with Crippen LogP contribution in [0.4, 0.5) is 11.4 Å². The Balaban J connectivity index is 1.15. The molecule has 0 spiro atoms. The van der Waals surface area contributed by atoms with Crippen molar-refractivity contribution < 1.29 is 29.4 Å². The Labute approximate surface area is 310 Å². The maximum atomic E-state index is 13.5. The minimum atomic E-state index is -0.820. The number of fused-ring (bicyclic) bond motifs is 2. The second-order valence-electron chi connectivity index (χ2n) is 13.1. The maximum absolute atomic E-state index is 13.5. The molecular formula is C36H40Cl2N8O6. The van der Waals surface area contributed by atoms with Crippen LogP contribution in [0.5, 0.6) is 0 Å². The van der Waals surface area contributed by atoms with Gasteiger partial charge < -0.3 is 30.0 Å². The lowest BCUT2D eigenvalue weighted by molar-refractivity contribution is -0.138. The lowest BCUT2D eigenvalue weighted by Gasteiger charge is -2.26. The van der Waals surface area contributed by atoms with Crippen molar-refractivity contribution in [1.29, 1.82) is 0 Å². The summed E-state index contributed by atoms with van der Waals surface area (Å²) in [6.45, 7) is 3.86. The Hall–Kier alpha value is -4.76. The van der Waals surface area contributed by atoms with Crippen LogP contribution in [0.25, 0.3) is 11.1 Å². The van der Waals surface area contributed by atoms with Crippen molar-refractivity contribution in [2.75, 3.05) is 36.8 Å². The van der Waals surface area contributed by atoms with Crippen molar-refractivity contribution >= 4 is 58.3 Å². The molecule has 14 nitrogen and oxygen atoms in total. The fourth-order valence-corrected chi connectivity index (χ4v) is 7.44. The molecule has 2 amide bonds. The van der Waals surface area contributed by atoms with E-state index in [0.717, 1.165) is 35.9 Å². The number of nitrogens with zero attached hydrogens (tertiary/aromatic N) is 6. The second kappa shape index (κ2) is 15.9. The van der Waals surface area contributed by atoms with Gasteiger partial charge >= 0.3 is 11.9 Å². The zero-order valence-electron chi connectivity index (χ0n) is 28.9. The number of halogens is 2. The summed E-state index contributed by atoms with van der Waals surface area (Å²) in [5.74, 6) is -2.02. The first-order valence-electron chi connectivity index (χ1n) is 17.1. The highest BCUT2D eigenvalue weighted by Gasteiger charge is 2.28. The topological polar surface area (TPSA) is 175 Å². The van der Waals surface area contributed by atoms with E-state index >= 15 is 0 Å². The van der Waals surface area contributed by atoms with E-state index in [-0.39, 0.29) is 34.5 Å². The molecule has 6 rings (SSSR count). The average Bonchev–Trinajstić information content (AvgIpc) is 3.62. The van der Waals surface area contributed by atoms with E-state index < -0.39 is 23.8 Å². The van der Waals surface area contributed by atoms with Crippen molar-refractivity contribution in [3.05, 3.63) is 80.9 Å². The van der Waals surface area contributed by atoms with Crippen molar-refractivity contribution in [3.8, 4) is 11.1 Å². The second-order valence-corrected chi connectivity index (χ2v) is 13.8. The summed E-state index contributed by atoms with van der Waals surface area (Å²) < 4.78 is 3.58. The lowest BCUT2D eigenvalue weighted by Crippen LogP contribution is -2.32. The molecule has 0 unspecified atom stereocenters. The molecule has 2 aromatic heterocycles. The molecule has 4 heterocycles. The summed E-state index contributed by atoms with van der Waals surface area (Å²) in [6, 6.07) is 10.4. The predicted molar refractivity (Wildman–Crippen MR) is 196 cm³/mol. The number of amides is 2. The van der Waals surface area contributed by atoms with Crippen LogP contribution in [-0.2, 0) is 49.6 Å². The minimum absolute atomic E-state index is 0.107. The van der Waals surface area contributed by atoms with Crippen LogP contribution in [0.15, 0.2) is 36.4 Å². The Morgan fingerprint density at radius 2 is 1.10 bits per heavy atom. The molecule has 52 heavy (non-hydrogen) atoms. The molecule has 4 N–H and O–H groups in total. The fourth-order valence-electron chi connectivity index (χ4n) is 6.89. The third-order valence-corrected chi connectivity index (χ3v) is 10.4. The fraction of sp³-hybridized carbons (Fsp3) is 0.389. The van der Waals surface area contributed by atoms with Gasteiger partial charge in [0.25, 0.3) is 11.8 Å². The van der Waals surface area contributed by atoms with Gasteiger partial charge in [0.05, 0.1) is 32.8 Å². The molecule has 0 saturated heterocycles. The van der Waals surface area contributed by atoms with E-state index in [2.05, 4.69) is 30.4 Å². The number of anilines is 2. The quantitative estimate of drug-likeness (QED) is 0.144. The number of rotatable bonds is 13. The molecule has 0 radical (unpaired) electrons. The number of carbonyl (C=O) groups is 4. The first kappa shape index (κ1) is 37.0. The van der Waals surface area contributed by atoms with Crippen molar-refractivity contribution in [3.63, 3.8) is 0 Å². The summed E-state index contributed by atoms with van der Waals surface area (Å²) in [6.07, 6.45) is 2.69. The smallest absolute Gasteiger partial charge is 0.303 e. The van der Waals surface area contributed by atoms with E-state index in [9.17, 15) is 19.2 Å². The highest BCUT2D eigenvalue weighted by atomic mass is 35.5. The van der Waals surface area contributed by atoms with Gasteiger partial charge in [-0.15, -0.1) is 0 Å². The van der Waals surface area contributed by atoms with E-state index in [1.807, 2.05) is 0 Å². The van der Waals surface area contributed by atoms with Gasteiger partial charge in [0, 0.05) is 88.5 Å². The summed E-state index contributed by atoms with van der Waals surface area (Å²) >= 11 is 13.8. The number of carboxylic acid groups (broad SMARTS) is 2. The third-order valence-electron chi connectivity index (χ3n) is 9.59. The van der Waals surface area contributed by atoms with Gasteiger partial charge in [-0.3, -0.25) is 29.0 Å². The lowest BCUT2D eigenvalue weighted by atomic mass is 10.0. The third kappa shape index (κ3) is 7.99. The van der Waals surface area contributed by atoms with Gasteiger partial charge in [-0.25, -0.2) is 9.97 Å². The van der Waals surface area contributed by atoms with Gasteiger partial charge in [-0.05, 0) is 38.1 Å². The molecule has 2 aromatic carbocycles. The highest BCUT2D eigenvalue weighted by molar-refractivity contribution is 6.40. The van der Waals surface area contributed by atoms with Crippen LogP contribution >= 0.6 is 23.2 Å². The Morgan fingerprint density at radius 1 is 0.692 bits per heavy atom. The minimum Gasteiger partial charge on any atom is -0.481 e. The molecule has 0 saturated carbocycles. The van der Waals surface area contributed by atoms with Gasteiger partial charge in [0.2, 0.25) is 0 Å². The zero-order valence-corrected chi connectivity index (χ0v) is 30.4. The van der Waals surface area contributed by atoms with Gasteiger partial charge in [0.1, 0.15) is 0 Å². The number of hydrogen-bond acceptors (Lipinski definition) is 8. The summed E-state index contributed by atoms with van der Waals surface area (Å²) in [5.41, 5.74) is 5.33. The standard InChI is InChI=1S/C36H40Cl2N8O6/c1-43-27-13-17-45(15-5-11-29(47)48)19-25(27)39-33(43)35(51)41-23-9-3-7-21(31(23)37)22-8-4-10-24(32(22)38)42-36(52)34-40-26-20-46(16-6-12-30(49)50)18-14-28(26)44(34)2/h3-4,7-10H,5-6,11-20H2,1-2H3,(H,41,51)(H,42,52)(H,47,48)(H,49,50). The number of hydrogen-bond donors (Lipinski definition) is 4. The van der Waals surface area contributed by atoms with E-state index in [1.165, 1.54) is 0 Å². The molecule has 4 aromatic rings. The molecule has 2 aliphatic rings. The number of benzene rings is 2. The molecule has 0 fully saturated rings. The molecule has 16 heteroatoms. The van der Waals surface area contributed by atoms with Gasteiger partial charge in [0.15, 0.2) is 11.6 Å². The molecule has 0 atom stereocenters. The van der Waals surface area contributed by atoms with E-state index in [4.69, 9.17) is 33.4 Å². The normalized spacial score (nSPS) is 14.5. The summed E-state index contributed by atoms with van der Waals surface area (Å²) in [7, 11) is 3.61. The van der Waals surface area contributed by atoms with Gasteiger partial charge in [-0.2, -0.15) is 0 Å². The van der Waals surface area contributed by atoms with Crippen molar-refractivity contribution in [2.45, 2.75) is 51.6 Å². The van der Waals surface area contributed by atoms with Crippen LogP contribution in [-0.4, -0.2) is 89.0 Å². The van der Waals surface area contributed by atoms with Crippen LogP contribution in [0.1, 0.15) is 69.7 Å². The van der Waals surface area contributed by atoms with Crippen LogP contribution in [0.2, 0.25) is 10.0 Å². The van der Waals surface area contributed by atoms with E-state index in [0.29, 0.717) is 74.4 Å². The number of aliphatic carboxylic acids is 2. The monoisotopic (exact) mass is 750 g/mol. The average molecular weight is 752 g/mol. The number of carbonyl (C=O) groups excluding carboxylic acids is 2. The molecule has 0 bridgehead atoms. The predicted octanol–water partition coefficient (Wildman–Crippen LogP) is 5.08. The van der Waals surface area contributed by atoms with E-state index in [1.54, 1.807) is 59.6 Å². The Bertz CT molecular complexity index is 1900. The SMILES string of the molecule is Cn1c(C(=O)Nc2cccc(-c3cccc(NC(=O)c4nc5c(n4C)CCN(CCCC(=O)O)C5)c3Cl)c2Cl)nc2c1CCN(CCCC(=O)O)C2. The molecule has 274 valence electrons. The molecular weight excluding hydrogens is 711 g/mol. The number of nitrogens with one attached hydrogen (secondary N) is 2. The zero-order chi connectivity index (χ0) is 37.1. The largest absolute Gasteiger partial charge is 0.481 e. The summed E-state index contributed by atoms with van der Waals surface area (Å²) in [4.78, 5) is 62.4. The number of aromatic nitrogens is 4. The van der Waals surface area contributed by atoms with Crippen molar-refractivity contribution in [2.24, 2.45) is 14.1 Å². The van der Waals surface area contributed by atoms with Crippen LogP contribution in [0, 0.1) is 0 Å².